The molecule has 0 aliphatic carbocycles. The number of aromatic hydroxyl groups is 2. The maximum absolute atomic E-state index is 12.4. The molecule has 0 saturated carbocycles. The Hall–Kier alpha value is -3.00. The Labute approximate surface area is 146 Å². The molecule has 128 valence electrons. The van der Waals surface area contributed by atoms with Crippen LogP contribution in [0.15, 0.2) is 51.4 Å². The molecule has 1 aromatic carbocycles. The third-order valence-corrected chi connectivity index (χ3v) is 4.67. The maximum atomic E-state index is 12.4. The van der Waals surface area contributed by atoms with Gasteiger partial charge in [-0.3, -0.25) is 4.79 Å². The van der Waals surface area contributed by atoms with Gasteiger partial charge in [0.15, 0.2) is 5.75 Å². The molecule has 0 fully saturated rings. The van der Waals surface area contributed by atoms with Crippen molar-refractivity contribution in [3.63, 3.8) is 0 Å². The zero-order valence-corrected chi connectivity index (χ0v) is 13.9. The van der Waals surface area contributed by atoms with Crippen LogP contribution in [0.1, 0.15) is 17.3 Å². The summed E-state index contributed by atoms with van der Waals surface area (Å²) in [5.41, 5.74) is -1.21. The summed E-state index contributed by atoms with van der Waals surface area (Å²) in [6, 6.07) is 6.52. The predicted molar refractivity (Wildman–Crippen MR) is 92.5 cm³/mol. The Bertz CT molecular complexity index is 1030. The van der Waals surface area contributed by atoms with Crippen LogP contribution in [0.4, 0.5) is 0 Å². The summed E-state index contributed by atoms with van der Waals surface area (Å²) in [6.07, 6.45) is 2.77. The van der Waals surface area contributed by atoms with E-state index < -0.39 is 17.0 Å². The van der Waals surface area contributed by atoms with Gasteiger partial charge in [0.25, 0.3) is 0 Å². The van der Waals surface area contributed by atoms with Gasteiger partial charge in [0.05, 0.1) is 15.8 Å². The normalized spacial score (nSPS) is 10.9. The van der Waals surface area contributed by atoms with Crippen LogP contribution >= 0.6 is 11.8 Å². The highest BCUT2D eigenvalue weighted by atomic mass is 32.2. The lowest BCUT2D eigenvalue weighted by Crippen LogP contribution is -2.19. The zero-order valence-electron chi connectivity index (χ0n) is 13.1. The van der Waals surface area contributed by atoms with Crippen molar-refractivity contribution < 1.29 is 20.1 Å². The number of aromatic nitrogens is 2. The van der Waals surface area contributed by atoms with Crippen molar-refractivity contribution in [2.75, 3.05) is 0 Å². The minimum atomic E-state index is -1.39. The Morgan fingerprint density at radius 3 is 2.68 bits per heavy atom. The SMILES string of the molecule is CCn1cc(C(=O)O)c(=O)c2c(O)cc(Sc3ccccn3)c(O)c21. The number of rotatable bonds is 4. The molecule has 0 bridgehead atoms. The van der Waals surface area contributed by atoms with Crippen molar-refractivity contribution >= 4 is 28.6 Å². The van der Waals surface area contributed by atoms with E-state index in [1.807, 2.05) is 0 Å². The van der Waals surface area contributed by atoms with Gasteiger partial charge in [0.2, 0.25) is 5.43 Å². The lowest BCUT2D eigenvalue weighted by Gasteiger charge is -2.15. The molecular formula is C17H14N2O5S. The van der Waals surface area contributed by atoms with Crippen LogP contribution in [0.25, 0.3) is 10.9 Å². The van der Waals surface area contributed by atoms with E-state index in [9.17, 15) is 24.9 Å². The van der Waals surface area contributed by atoms with Crippen molar-refractivity contribution in [1.82, 2.24) is 9.55 Å². The van der Waals surface area contributed by atoms with E-state index in [0.717, 1.165) is 11.8 Å². The molecular weight excluding hydrogens is 344 g/mol. The second kappa shape index (κ2) is 6.48. The van der Waals surface area contributed by atoms with Gasteiger partial charge in [-0.25, -0.2) is 9.78 Å². The van der Waals surface area contributed by atoms with E-state index in [1.54, 1.807) is 31.3 Å². The largest absolute Gasteiger partial charge is 0.507 e. The predicted octanol–water partition coefficient (Wildman–Crippen LogP) is 2.68. The second-order valence-electron chi connectivity index (χ2n) is 5.20. The average molecular weight is 358 g/mol. The van der Waals surface area contributed by atoms with Gasteiger partial charge in [0.1, 0.15) is 16.3 Å². The van der Waals surface area contributed by atoms with Crippen LogP contribution in [0.2, 0.25) is 0 Å². The number of carboxylic acid groups (broad SMARTS) is 1. The highest BCUT2D eigenvalue weighted by Gasteiger charge is 2.22. The van der Waals surface area contributed by atoms with Crippen LogP contribution < -0.4 is 5.43 Å². The molecule has 3 N–H and O–H groups in total. The quantitative estimate of drug-likeness (QED) is 0.615. The Balaban J connectivity index is 2.31. The number of hydrogen-bond acceptors (Lipinski definition) is 6. The number of aromatic carboxylic acids is 1. The number of aryl methyl sites for hydroxylation is 1. The van der Waals surface area contributed by atoms with Crippen molar-refractivity contribution in [2.24, 2.45) is 0 Å². The summed E-state index contributed by atoms with van der Waals surface area (Å²) < 4.78 is 1.43. The van der Waals surface area contributed by atoms with Crippen LogP contribution in [0.3, 0.4) is 0 Å². The Kier molecular flexibility index (Phi) is 4.37. The molecule has 2 heterocycles. The molecule has 0 atom stereocenters. The minimum Gasteiger partial charge on any atom is -0.507 e. The topological polar surface area (TPSA) is 113 Å². The molecule has 0 unspecified atom stereocenters. The first-order chi connectivity index (χ1) is 11.9. The summed E-state index contributed by atoms with van der Waals surface area (Å²) in [6.45, 7) is 2.05. The first-order valence-electron chi connectivity index (χ1n) is 7.38. The van der Waals surface area contributed by atoms with E-state index in [-0.39, 0.29) is 22.4 Å². The van der Waals surface area contributed by atoms with Crippen molar-refractivity contribution in [3.8, 4) is 11.5 Å². The standard InChI is InChI=1S/C17H14N2O5S/c1-2-19-8-9(17(23)24)15(21)13-10(20)7-11(16(22)14(13)19)25-12-5-3-4-6-18-12/h3-8,20,22H,2H2,1H3,(H,23,24). The first kappa shape index (κ1) is 16.8. The van der Waals surface area contributed by atoms with E-state index in [0.29, 0.717) is 16.5 Å². The lowest BCUT2D eigenvalue weighted by atomic mass is 10.1. The van der Waals surface area contributed by atoms with Gasteiger partial charge < -0.3 is 19.9 Å². The van der Waals surface area contributed by atoms with E-state index in [2.05, 4.69) is 4.98 Å². The number of carbonyl (C=O) groups is 1. The summed E-state index contributed by atoms with van der Waals surface area (Å²) in [5, 5.41) is 30.5. The number of fused-ring (bicyclic) bond motifs is 1. The fourth-order valence-electron chi connectivity index (χ4n) is 2.54. The lowest BCUT2D eigenvalue weighted by molar-refractivity contribution is 0.0695. The Morgan fingerprint density at radius 2 is 2.08 bits per heavy atom. The molecule has 25 heavy (non-hydrogen) atoms. The van der Waals surface area contributed by atoms with E-state index in [1.165, 1.54) is 16.8 Å². The van der Waals surface area contributed by atoms with Crippen LogP contribution in [0.5, 0.6) is 11.5 Å². The molecule has 0 aliphatic rings. The zero-order chi connectivity index (χ0) is 18.1. The Morgan fingerprint density at radius 1 is 1.32 bits per heavy atom. The van der Waals surface area contributed by atoms with Crippen molar-refractivity contribution in [3.05, 3.63) is 52.4 Å². The van der Waals surface area contributed by atoms with Gasteiger partial charge in [-0.1, -0.05) is 17.8 Å². The summed E-state index contributed by atoms with van der Waals surface area (Å²) >= 11 is 1.13. The summed E-state index contributed by atoms with van der Waals surface area (Å²) in [4.78, 5) is 28.1. The molecule has 0 radical (unpaired) electrons. The third-order valence-electron chi connectivity index (χ3n) is 3.69. The third kappa shape index (κ3) is 2.91. The maximum Gasteiger partial charge on any atom is 0.341 e. The van der Waals surface area contributed by atoms with Crippen LogP contribution in [-0.2, 0) is 6.54 Å². The fraction of sp³-hybridized carbons (Fsp3) is 0.118. The molecule has 0 saturated heterocycles. The molecule has 3 aromatic rings. The van der Waals surface area contributed by atoms with E-state index in [4.69, 9.17) is 0 Å². The second-order valence-corrected chi connectivity index (χ2v) is 6.26. The molecule has 8 heteroatoms. The van der Waals surface area contributed by atoms with Gasteiger partial charge in [0, 0.05) is 18.9 Å². The van der Waals surface area contributed by atoms with Gasteiger partial charge in [-0.2, -0.15) is 0 Å². The van der Waals surface area contributed by atoms with Crippen molar-refractivity contribution in [1.29, 1.82) is 0 Å². The number of phenolic OH excluding ortho intramolecular Hbond substituents is 2. The number of nitrogens with zero attached hydrogens (tertiary/aromatic N) is 2. The average Bonchev–Trinajstić information content (AvgIpc) is 2.59. The molecule has 0 spiro atoms. The highest BCUT2D eigenvalue weighted by molar-refractivity contribution is 7.99. The summed E-state index contributed by atoms with van der Waals surface area (Å²) in [7, 11) is 0. The monoisotopic (exact) mass is 358 g/mol. The molecule has 3 rings (SSSR count). The number of hydrogen-bond donors (Lipinski definition) is 3. The molecule has 0 amide bonds. The number of carboxylic acids is 1. The molecule has 2 aromatic heterocycles. The van der Waals surface area contributed by atoms with Gasteiger partial charge in [-0.15, -0.1) is 0 Å². The molecule has 7 nitrogen and oxygen atoms in total. The fourth-order valence-corrected chi connectivity index (χ4v) is 3.39. The highest BCUT2D eigenvalue weighted by Crippen LogP contribution is 2.41. The van der Waals surface area contributed by atoms with E-state index >= 15 is 0 Å². The number of pyridine rings is 2. The number of phenols is 2. The van der Waals surface area contributed by atoms with Gasteiger partial charge in [-0.05, 0) is 25.1 Å². The first-order valence-corrected chi connectivity index (χ1v) is 8.20. The van der Waals surface area contributed by atoms with Crippen molar-refractivity contribution in [2.45, 2.75) is 23.4 Å². The molecule has 0 aliphatic heterocycles. The van der Waals surface area contributed by atoms with Crippen LogP contribution in [0, 0.1) is 0 Å². The van der Waals surface area contributed by atoms with Crippen LogP contribution in [-0.4, -0.2) is 30.8 Å². The van der Waals surface area contributed by atoms with Gasteiger partial charge >= 0.3 is 5.97 Å². The minimum absolute atomic E-state index is 0.0935. The summed E-state index contributed by atoms with van der Waals surface area (Å²) in [5.74, 6) is -1.99. The number of benzene rings is 1. The smallest absolute Gasteiger partial charge is 0.341 e.